The molecule has 0 aromatic carbocycles. The van der Waals surface area contributed by atoms with Gasteiger partial charge >= 0.3 is 0 Å². The summed E-state index contributed by atoms with van der Waals surface area (Å²) in [7, 11) is 0. The van der Waals surface area contributed by atoms with Gasteiger partial charge in [-0.15, -0.1) is 0 Å². The van der Waals surface area contributed by atoms with Gasteiger partial charge in [0.1, 0.15) is 6.10 Å². The quantitative estimate of drug-likeness (QED) is 0.898. The summed E-state index contributed by atoms with van der Waals surface area (Å²) in [6, 6.07) is 3.04. The zero-order valence-corrected chi connectivity index (χ0v) is 15.5. The van der Waals surface area contributed by atoms with Crippen LogP contribution in [0.1, 0.15) is 51.1 Å². The summed E-state index contributed by atoms with van der Waals surface area (Å²) in [4.78, 5) is 18.5. The van der Waals surface area contributed by atoms with Crippen molar-refractivity contribution in [1.82, 2.24) is 9.88 Å². The molecule has 0 unspecified atom stereocenters. The number of aromatic nitrogens is 1. The summed E-state index contributed by atoms with van der Waals surface area (Å²) in [5.41, 5.74) is 0.300. The lowest BCUT2D eigenvalue weighted by molar-refractivity contribution is -0.164. The first kappa shape index (κ1) is 17.7. The molecule has 0 atom stereocenters. The van der Waals surface area contributed by atoms with E-state index in [0.29, 0.717) is 12.8 Å². The number of halogens is 1. The van der Waals surface area contributed by atoms with Crippen LogP contribution in [0.2, 0.25) is 0 Å². The molecule has 1 aliphatic heterocycles. The normalized spacial score (nSPS) is 30.6. The molecular weight excluding hydrogens is 335 g/mol. The molecule has 1 N–H and O–H groups in total. The highest BCUT2D eigenvalue weighted by atomic mass is 19.1. The van der Waals surface area contributed by atoms with Crippen molar-refractivity contribution in [2.45, 2.75) is 64.1 Å². The highest BCUT2D eigenvalue weighted by Crippen LogP contribution is 2.47. The molecule has 1 aromatic heterocycles. The van der Waals surface area contributed by atoms with Crippen molar-refractivity contribution in [2.75, 3.05) is 13.1 Å². The second-order valence-corrected chi connectivity index (χ2v) is 8.85. The second kappa shape index (κ2) is 6.19. The Bertz CT molecular complexity index is 697. The Balaban J connectivity index is 1.26. The van der Waals surface area contributed by atoms with Gasteiger partial charge in [0.15, 0.2) is 5.82 Å². The number of likely N-dealkylation sites (tertiary alicyclic amines) is 1. The van der Waals surface area contributed by atoms with Crippen molar-refractivity contribution in [3.05, 3.63) is 23.6 Å². The highest BCUT2D eigenvalue weighted by Gasteiger charge is 2.51. The molecule has 3 aliphatic rings. The van der Waals surface area contributed by atoms with Crippen molar-refractivity contribution < 1.29 is 19.0 Å². The van der Waals surface area contributed by atoms with Crippen LogP contribution in [0.3, 0.4) is 0 Å². The Labute approximate surface area is 153 Å². The molecule has 2 aliphatic carbocycles. The van der Waals surface area contributed by atoms with Crippen molar-refractivity contribution in [2.24, 2.45) is 11.3 Å². The Kier molecular flexibility index (Phi) is 4.21. The summed E-state index contributed by atoms with van der Waals surface area (Å²) in [6.07, 6.45) is 4.90. The minimum Gasteiger partial charge on any atom is -0.472 e. The van der Waals surface area contributed by atoms with E-state index in [-0.39, 0.29) is 29.2 Å². The first-order valence-corrected chi connectivity index (χ1v) is 9.56. The third-order valence-electron chi connectivity index (χ3n) is 6.31. The number of hydrogen-bond acceptors (Lipinski definition) is 4. The first-order valence-electron chi connectivity index (χ1n) is 9.56. The van der Waals surface area contributed by atoms with Gasteiger partial charge in [0, 0.05) is 30.1 Å². The van der Waals surface area contributed by atoms with E-state index < -0.39 is 11.4 Å². The number of carbonyl (C=O) groups is 1. The predicted molar refractivity (Wildman–Crippen MR) is 94.2 cm³/mol. The molecule has 3 fully saturated rings. The van der Waals surface area contributed by atoms with Crippen LogP contribution in [0, 0.1) is 24.1 Å². The molecule has 1 saturated heterocycles. The van der Waals surface area contributed by atoms with E-state index in [2.05, 4.69) is 4.98 Å². The van der Waals surface area contributed by atoms with Crippen molar-refractivity contribution in [1.29, 1.82) is 0 Å². The van der Waals surface area contributed by atoms with Crippen LogP contribution in [0.4, 0.5) is 4.39 Å². The predicted octanol–water partition coefficient (Wildman–Crippen LogP) is 2.84. The number of rotatable bonds is 3. The molecule has 26 heavy (non-hydrogen) atoms. The lowest BCUT2D eigenvalue weighted by Gasteiger charge is -2.55. The van der Waals surface area contributed by atoms with E-state index in [1.807, 2.05) is 11.8 Å². The molecule has 2 saturated carbocycles. The van der Waals surface area contributed by atoms with E-state index >= 15 is 0 Å². The van der Waals surface area contributed by atoms with Gasteiger partial charge in [-0.2, -0.15) is 0 Å². The van der Waals surface area contributed by atoms with E-state index in [9.17, 15) is 14.3 Å². The number of aliphatic hydroxyl groups is 1. The smallest absolute Gasteiger partial charge is 0.250 e. The average Bonchev–Trinajstić information content (AvgIpc) is 2.54. The molecule has 6 heteroatoms. The van der Waals surface area contributed by atoms with Gasteiger partial charge in [-0.1, -0.05) is 0 Å². The zero-order chi connectivity index (χ0) is 18.5. The third kappa shape index (κ3) is 3.31. The SMILES string of the molecule is Cc1ccc(F)c(OC2CCC3(CC2)CN(C(=O)C2CC(C)(O)C2)C3)n1. The number of amides is 1. The van der Waals surface area contributed by atoms with Crippen molar-refractivity contribution in [3.8, 4) is 5.88 Å². The van der Waals surface area contributed by atoms with E-state index in [1.165, 1.54) is 6.07 Å². The number of nitrogens with zero attached hydrogens (tertiary/aromatic N) is 2. The topological polar surface area (TPSA) is 62.7 Å². The molecule has 5 nitrogen and oxygen atoms in total. The van der Waals surface area contributed by atoms with E-state index in [0.717, 1.165) is 44.5 Å². The fraction of sp³-hybridized carbons (Fsp3) is 0.700. The largest absolute Gasteiger partial charge is 0.472 e. The Morgan fingerprint density at radius 1 is 1.31 bits per heavy atom. The van der Waals surface area contributed by atoms with Gasteiger partial charge in [0.25, 0.3) is 5.88 Å². The summed E-state index contributed by atoms with van der Waals surface area (Å²) >= 11 is 0. The van der Waals surface area contributed by atoms with Crippen LogP contribution in [0.15, 0.2) is 12.1 Å². The third-order valence-corrected chi connectivity index (χ3v) is 6.31. The standard InChI is InChI=1S/C20H27FN2O3/c1-13-3-4-16(21)17(22-13)26-15-5-7-20(8-6-15)11-23(12-20)18(24)14-9-19(2,25)10-14/h3-4,14-15,25H,5-12H2,1-2H3. The number of ether oxygens (including phenoxy) is 1. The van der Waals surface area contributed by atoms with Gasteiger partial charge in [0.05, 0.1) is 5.60 Å². The monoisotopic (exact) mass is 362 g/mol. The van der Waals surface area contributed by atoms with E-state index in [1.54, 1.807) is 13.0 Å². The Hall–Kier alpha value is -1.69. The molecule has 0 bridgehead atoms. The first-order chi connectivity index (χ1) is 12.3. The van der Waals surface area contributed by atoms with Crippen LogP contribution in [0.25, 0.3) is 0 Å². The second-order valence-electron chi connectivity index (χ2n) is 8.85. The maximum Gasteiger partial charge on any atom is 0.250 e. The van der Waals surface area contributed by atoms with E-state index in [4.69, 9.17) is 4.74 Å². The molecule has 1 aromatic rings. The summed E-state index contributed by atoms with van der Waals surface area (Å²) in [6.45, 7) is 5.24. The number of hydrogen-bond donors (Lipinski definition) is 1. The van der Waals surface area contributed by atoms with Crippen LogP contribution < -0.4 is 4.74 Å². The number of carbonyl (C=O) groups excluding carboxylic acids is 1. The minimum atomic E-state index is -0.655. The summed E-state index contributed by atoms with van der Waals surface area (Å²) in [5.74, 6) is -0.106. The summed E-state index contributed by atoms with van der Waals surface area (Å²) in [5, 5.41) is 9.82. The maximum atomic E-state index is 13.8. The van der Waals surface area contributed by atoms with Gasteiger partial charge in [-0.25, -0.2) is 9.37 Å². The molecule has 1 amide bonds. The van der Waals surface area contributed by atoms with Crippen LogP contribution >= 0.6 is 0 Å². The number of aryl methyl sites for hydroxylation is 1. The van der Waals surface area contributed by atoms with Gasteiger partial charge < -0.3 is 14.7 Å². The lowest BCUT2D eigenvalue weighted by Crippen LogP contribution is -2.63. The van der Waals surface area contributed by atoms with Crippen LogP contribution in [-0.4, -0.2) is 45.7 Å². The number of pyridine rings is 1. The van der Waals surface area contributed by atoms with Crippen molar-refractivity contribution in [3.63, 3.8) is 0 Å². The zero-order valence-electron chi connectivity index (χ0n) is 15.5. The average molecular weight is 362 g/mol. The molecule has 142 valence electrons. The molecular formula is C20H27FN2O3. The Morgan fingerprint density at radius 2 is 1.96 bits per heavy atom. The molecule has 4 rings (SSSR count). The Morgan fingerprint density at radius 3 is 2.58 bits per heavy atom. The maximum absolute atomic E-state index is 13.8. The van der Waals surface area contributed by atoms with Crippen LogP contribution in [-0.2, 0) is 4.79 Å². The molecule has 1 spiro atoms. The molecule has 0 radical (unpaired) electrons. The minimum absolute atomic E-state index is 0.00241. The molecule has 2 heterocycles. The fourth-order valence-corrected chi connectivity index (χ4v) is 4.75. The van der Waals surface area contributed by atoms with Gasteiger partial charge in [-0.3, -0.25) is 4.79 Å². The highest BCUT2D eigenvalue weighted by molar-refractivity contribution is 5.81. The summed E-state index contributed by atoms with van der Waals surface area (Å²) < 4.78 is 19.6. The van der Waals surface area contributed by atoms with Crippen molar-refractivity contribution >= 4 is 5.91 Å². The lowest BCUT2D eigenvalue weighted by atomic mass is 9.66. The van der Waals surface area contributed by atoms with Gasteiger partial charge in [-0.05, 0) is 64.5 Å². The van der Waals surface area contributed by atoms with Crippen LogP contribution in [0.5, 0.6) is 5.88 Å². The van der Waals surface area contributed by atoms with Gasteiger partial charge in [0.2, 0.25) is 5.91 Å². The fourth-order valence-electron chi connectivity index (χ4n) is 4.75.